The molecule has 0 aromatic heterocycles. The number of carbonyl (C=O) groups is 3. The van der Waals surface area contributed by atoms with Gasteiger partial charge in [-0.15, -0.1) is 0 Å². The van der Waals surface area contributed by atoms with E-state index in [1.165, 1.54) is 24.3 Å². The summed E-state index contributed by atoms with van der Waals surface area (Å²) in [5, 5.41) is 25.9. The van der Waals surface area contributed by atoms with Crippen molar-refractivity contribution in [3.8, 4) is 11.5 Å². The minimum atomic E-state index is -1.23. The molecule has 0 saturated heterocycles. The minimum absolute atomic E-state index is 0.145. The molecule has 0 bridgehead atoms. The van der Waals surface area contributed by atoms with Gasteiger partial charge in [0.05, 0.1) is 40.1 Å². The lowest BCUT2D eigenvalue weighted by Crippen LogP contribution is -2.26. The average molecular weight is 510 g/mol. The molecule has 0 fully saturated rings. The second kappa shape index (κ2) is 10.3. The van der Waals surface area contributed by atoms with Crippen LogP contribution >= 0.6 is 0 Å². The Morgan fingerprint density at radius 3 is 2.05 bits per heavy atom. The van der Waals surface area contributed by atoms with Crippen LogP contribution in [-0.2, 0) is 4.74 Å². The molecule has 0 spiro atoms. The van der Waals surface area contributed by atoms with E-state index >= 15 is 8.78 Å². The third-order valence-electron chi connectivity index (χ3n) is 5.92. The normalized spacial score (nSPS) is 12.1. The summed E-state index contributed by atoms with van der Waals surface area (Å²) >= 11 is 0. The molecule has 1 aliphatic carbocycles. The maximum atomic E-state index is 16.0. The Bertz CT molecular complexity index is 1440. The number of aromatic hydroxyl groups is 2. The number of hydrogen-bond acceptors (Lipinski definition) is 8. The largest absolute Gasteiger partial charge is 0.507 e. The summed E-state index contributed by atoms with van der Waals surface area (Å²) < 4.78 is 36.9. The van der Waals surface area contributed by atoms with Crippen LogP contribution in [0, 0.1) is 11.6 Å². The Balaban J connectivity index is 1.91. The number of hydrogen-bond donors (Lipinski definition) is 4. The Morgan fingerprint density at radius 2 is 1.49 bits per heavy atom. The Kier molecular flexibility index (Phi) is 7.10. The highest BCUT2D eigenvalue weighted by Gasteiger charge is 2.41. The van der Waals surface area contributed by atoms with Gasteiger partial charge in [0.25, 0.3) is 0 Å². The molecule has 4 rings (SSSR count). The summed E-state index contributed by atoms with van der Waals surface area (Å²) in [6.45, 7) is 3.92. The first-order valence-electron chi connectivity index (χ1n) is 11.7. The molecule has 0 aliphatic heterocycles. The van der Waals surface area contributed by atoms with Gasteiger partial charge in [0.15, 0.2) is 11.6 Å². The van der Waals surface area contributed by atoms with Gasteiger partial charge >= 0.3 is 5.97 Å². The first-order valence-corrected chi connectivity index (χ1v) is 11.7. The van der Waals surface area contributed by atoms with Gasteiger partial charge in [0.2, 0.25) is 11.6 Å². The number of nitrogens with one attached hydrogen (secondary N) is 2. The van der Waals surface area contributed by atoms with E-state index in [1.807, 2.05) is 6.92 Å². The van der Waals surface area contributed by atoms with Gasteiger partial charge in [-0.25, -0.2) is 13.6 Å². The van der Waals surface area contributed by atoms with E-state index in [1.54, 1.807) is 6.92 Å². The number of benzene rings is 3. The highest BCUT2D eigenvalue weighted by atomic mass is 19.1. The van der Waals surface area contributed by atoms with Crippen LogP contribution in [-0.4, -0.2) is 40.9 Å². The van der Waals surface area contributed by atoms with Crippen molar-refractivity contribution in [2.75, 3.05) is 23.8 Å². The minimum Gasteiger partial charge on any atom is -0.507 e. The second-order valence-corrected chi connectivity index (χ2v) is 8.35. The molecule has 3 aromatic carbocycles. The van der Waals surface area contributed by atoms with E-state index in [-0.39, 0.29) is 24.4 Å². The van der Waals surface area contributed by atoms with Crippen LogP contribution in [0.1, 0.15) is 68.9 Å². The van der Waals surface area contributed by atoms with Crippen LogP contribution in [0.5, 0.6) is 11.5 Å². The predicted molar refractivity (Wildman–Crippen MR) is 132 cm³/mol. The van der Waals surface area contributed by atoms with Crippen molar-refractivity contribution in [2.45, 2.75) is 26.7 Å². The van der Waals surface area contributed by atoms with Crippen molar-refractivity contribution < 1.29 is 38.1 Å². The molecule has 0 heterocycles. The molecule has 8 nitrogen and oxygen atoms in total. The fraction of sp³-hybridized carbons (Fsp3) is 0.222. The smallest absolute Gasteiger partial charge is 0.338 e. The zero-order chi connectivity index (χ0) is 26.9. The quantitative estimate of drug-likeness (QED) is 0.143. The number of halogens is 2. The maximum absolute atomic E-state index is 16.0. The molecule has 0 unspecified atom stereocenters. The number of carbonyl (C=O) groups excluding carboxylic acids is 3. The number of ether oxygens (including phenoxy) is 1. The molecule has 4 N–H and O–H groups in total. The molecule has 10 heteroatoms. The molecule has 0 saturated carbocycles. The Hall–Kier alpha value is -4.47. The molecular weight excluding hydrogens is 486 g/mol. The number of phenols is 2. The van der Waals surface area contributed by atoms with E-state index in [2.05, 4.69) is 10.6 Å². The van der Waals surface area contributed by atoms with Crippen LogP contribution in [0.15, 0.2) is 36.4 Å². The summed E-state index contributed by atoms with van der Waals surface area (Å²) in [4.78, 5) is 38.6. The third-order valence-corrected chi connectivity index (χ3v) is 5.92. The fourth-order valence-corrected chi connectivity index (χ4v) is 4.16. The molecule has 0 radical (unpaired) electrons. The molecule has 0 atom stereocenters. The zero-order valence-electron chi connectivity index (χ0n) is 20.1. The van der Waals surface area contributed by atoms with Crippen LogP contribution in [0.2, 0.25) is 0 Å². The number of unbranched alkanes of at least 4 members (excludes halogenated alkanes) is 1. The van der Waals surface area contributed by atoms with Gasteiger partial charge in [-0.3, -0.25) is 9.59 Å². The second-order valence-electron chi connectivity index (χ2n) is 8.35. The number of fused-ring (bicyclic) bond motifs is 2. The van der Waals surface area contributed by atoms with Crippen LogP contribution in [0.3, 0.4) is 0 Å². The van der Waals surface area contributed by atoms with E-state index in [0.29, 0.717) is 6.42 Å². The van der Waals surface area contributed by atoms with E-state index in [9.17, 15) is 24.6 Å². The van der Waals surface area contributed by atoms with Gasteiger partial charge in [-0.1, -0.05) is 19.4 Å². The highest BCUT2D eigenvalue weighted by Crippen LogP contribution is 2.44. The third kappa shape index (κ3) is 4.46. The molecule has 0 amide bonds. The molecule has 1 aliphatic rings. The highest BCUT2D eigenvalue weighted by molar-refractivity contribution is 6.31. The molecule has 37 heavy (non-hydrogen) atoms. The Morgan fingerprint density at radius 1 is 0.892 bits per heavy atom. The van der Waals surface area contributed by atoms with E-state index < -0.39 is 74.3 Å². The van der Waals surface area contributed by atoms with Crippen molar-refractivity contribution in [1.29, 1.82) is 0 Å². The van der Waals surface area contributed by atoms with Gasteiger partial charge in [-0.05, 0) is 43.7 Å². The topological polar surface area (TPSA) is 125 Å². The van der Waals surface area contributed by atoms with Gasteiger partial charge in [0.1, 0.15) is 17.2 Å². The zero-order valence-corrected chi connectivity index (χ0v) is 20.1. The van der Waals surface area contributed by atoms with E-state index in [4.69, 9.17) is 4.74 Å². The summed E-state index contributed by atoms with van der Waals surface area (Å²) in [6.07, 6.45) is 1.34. The summed E-state index contributed by atoms with van der Waals surface area (Å²) in [7, 11) is 0. The number of esters is 1. The lowest BCUT2D eigenvalue weighted by atomic mass is 9.81. The summed E-state index contributed by atoms with van der Waals surface area (Å²) in [5.41, 5.74) is -3.43. The SMILES string of the molecule is CCCCNc1c(F)c2c(c(F)c1Nc1cccc(C(=O)OCC)c1)C(=O)c1c(O)ccc(O)c1C2=O. The van der Waals surface area contributed by atoms with Crippen LogP contribution in [0.25, 0.3) is 0 Å². The van der Waals surface area contributed by atoms with Gasteiger partial charge < -0.3 is 25.6 Å². The monoisotopic (exact) mass is 510 g/mol. The van der Waals surface area contributed by atoms with Crippen molar-refractivity contribution in [2.24, 2.45) is 0 Å². The first-order chi connectivity index (χ1) is 17.7. The van der Waals surface area contributed by atoms with Crippen LogP contribution in [0.4, 0.5) is 25.8 Å². The summed E-state index contributed by atoms with van der Waals surface area (Å²) in [5.74, 6) is -6.63. The van der Waals surface area contributed by atoms with Gasteiger partial charge in [-0.2, -0.15) is 0 Å². The summed E-state index contributed by atoms with van der Waals surface area (Å²) in [6, 6.07) is 7.85. The van der Waals surface area contributed by atoms with Crippen LogP contribution < -0.4 is 10.6 Å². The number of ketones is 2. The van der Waals surface area contributed by atoms with Gasteiger partial charge in [0, 0.05) is 12.2 Å². The first kappa shape index (κ1) is 25.6. The van der Waals surface area contributed by atoms with Crippen molar-refractivity contribution in [3.63, 3.8) is 0 Å². The lowest BCUT2D eigenvalue weighted by molar-refractivity contribution is 0.0526. The van der Waals surface area contributed by atoms with E-state index in [0.717, 1.165) is 18.6 Å². The molecule has 3 aromatic rings. The Labute approximate surface area is 210 Å². The van der Waals surface area contributed by atoms with Crippen molar-refractivity contribution >= 4 is 34.6 Å². The van der Waals surface area contributed by atoms with Crippen molar-refractivity contribution in [1.82, 2.24) is 0 Å². The standard InChI is InChI=1S/C27H24F2N2O6/c1-3-5-11-30-23-21(28)19-20(26(35)18-16(33)10-9-15(32)17(18)25(19)34)22(29)24(23)31-14-8-6-7-13(12-14)27(36)37-4-2/h6-10,12,30-33H,3-5,11H2,1-2H3. The average Bonchev–Trinajstić information content (AvgIpc) is 2.87. The predicted octanol–water partition coefficient (Wildman–Crippen LogP) is 5.28. The molecular formula is C27H24F2N2O6. The number of phenolic OH excluding ortho intramolecular Hbond substituents is 2. The maximum Gasteiger partial charge on any atom is 0.338 e. The van der Waals surface area contributed by atoms with Crippen molar-refractivity contribution in [3.05, 3.63) is 75.8 Å². The number of rotatable bonds is 8. The lowest BCUT2D eigenvalue weighted by Gasteiger charge is -2.24. The fourth-order valence-electron chi connectivity index (χ4n) is 4.16. The molecule has 192 valence electrons. The number of anilines is 3.